The molecule has 22 heavy (non-hydrogen) atoms. The highest BCUT2D eigenvalue weighted by atomic mass is 35.5. The van der Waals surface area contributed by atoms with Gasteiger partial charge in [-0.25, -0.2) is 0 Å². The topological polar surface area (TPSA) is 29.1 Å². The first-order chi connectivity index (χ1) is 10.5. The minimum Gasteiger partial charge on any atom is -0.380 e. The molecular formula is C18H22ClNOS. The highest BCUT2D eigenvalue weighted by molar-refractivity contribution is 7.83. The summed E-state index contributed by atoms with van der Waals surface area (Å²) in [7, 11) is -0.849. The number of benzene rings is 2. The Morgan fingerprint density at radius 1 is 1.09 bits per heavy atom. The Hall–Kier alpha value is -1.32. The van der Waals surface area contributed by atoms with Crippen molar-refractivity contribution in [2.75, 3.05) is 11.6 Å². The molecule has 0 saturated carbocycles. The van der Waals surface area contributed by atoms with Crippen LogP contribution in [0.15, 0.2) is 42.5 Å². The Bertz CT molecular complexity index is 653. The summed E-state index contributed by atoms with van der Waals surface area (Å²) in [5, 5.41) is 4.05. The molecule has 0 spiro atoms. The van der Waals surface area contributed by atoms with Gasteiger partial charge in [0.1, 0.15) is 0 Å². The molecule has 1 N–H and O–H groups in total. The van der Waals surface area contributed by atoms with E-state index in [0.29, 0.717) is 16.7 Å². The molecule has 0 heterocycles. The summed E-state index contributed by atoms with van der Waals surface area (Å²) in [6, 6.07) is 14.4. The SMILES string of the molecule is CC(C)c1ccc(CNc2cc(C[S@](C)=O)ccc2Cl)cc1. The van der Waals surface area contributed by atoms with Crippen LogP contribution in [0, 0.1) is 0 Å². The highest BCUT2D eigenvalue weighted by Crippen LogP contribution is 2.24. The van der Waals surface area contributed by atoms with Gasteiger partial charge in [0.25, 0.3) is 0 Å². The second kappa shape index (κ2) is 7.80. The Kier molecular flexibility index (Phi) is 6.04. The average molecular weight is 336 g/mol. The fourth-order valence-corrected chi connectivity index (χ4v) is 3.08. The number of hydrogen-bond acceptors (Lipinski definition) is 2. The lowest BCUT2D eigenvalue weighted by Gasteiger charge is -2.11. The van der Waals surface area contributed by atoms with E-state index in [1.807, 2.05) is 18.2 Å². The number of anilines is 1. The van der Waals surface area contributed by atoms with Crippen LogP contribution >= 0.6 is 11.6 Å². The predicted molar refractivity (Wildman–Crippen MR) is 97.1 cm³/mol. The minimum absolute atomic E-state index is 0.544. The molecular weight excluding hydrogens is 314 g/mol. The third kappa shape index (κ3) is 4.85. The zero-order valence-electron chi connectivity index (χ0n) is 13.2. The van der Waals surface area contributed by atoms with Crippen molar-refractivity contribution in [2.24, 2.45) is 0 Å². The molecule has 4 heteroatoms. The van der Waals surface area contributed by atoms with E-state index < -0.39 is 10.8 Å². The fraction of sp³-hybridized carbons (Fsp3) is 0.333. The maximum Gasteiger partial charge on any atom is 0.0637 e. The van der Waals surface area contributed by atoms with Crippen molar-refractivity contribution >= 4 is 28.1 Å². The summed E-state index contributed by atoms with van der Waals surface area (Å²) in [6.07, 6.45) is 1.71. The first-order valence-electron chi connectivity index (χ1n) is 7.37. The lowest BCUT2D eigenvalue weighted by atomic mass is 10.0. The molecule has 2 aromatic rings. The molecule has 0 saturated heterocycles. The molecule has 0 amide bonds. The molecule has 2 aromatic carbocycles. The van der Waals surface area contributed by atoms with Crippen LogP contribution in [-0.2, 0) is 23.1 Å². The van der Waals surface area contributed by atoms with Gasteiger partial charge in [-0.05, 0) is 34.7 Å². The van der Waals surface area contributed by atoms with Gasteiger partial charge < -0.3 is 5.32 Å². The summed E-state index contributed by atoms with van der Waals surface area (Å²) in [6.45, 7) is 5.10. The van der Waals surface area contributed by atoms with Gasteiger partial charge in [0.15, 0.2) is 0 Å². The van der Waals surface area contributed by atoms with Crippen molar-refractivity contribution in [3.63, 3.8) is 0 Å². The number of rotatable bonds is 6. The van der Waals surface area contributed by atoms with E-state index in [0.717, 1.165) is 17.8 Å². The zero-order chi connectivity index (χ0) is 16.1. The second-order valence-electron chi connectivity index (χ2n) is 5.78. The molecule has 0 aromatic heterocycles. The quantitative estimate of drug-likeness (QED) is 0.808. The van der Waals surface area contributed by atoms with Crippen LogP contribution in [0.5, 0.6) is 0 Å². The molecule has 1 atom stereocenters. The largest absolute Gasteiger partial charge is 0.380 e. The standard InChI is InChI=1S/C18H22ClNOS/c1-13(2)16-7-4-14(5-8-16)11-20-18-10-15(12-22(3)21)6-9-17(18)19/h4-10,13,20H,11-12H2,1-3H3/t22-/m0/s1. The molecule has 118 valence electrons. The van der Waals surface area contributed by atoms with Gasteiger partial charge in [-0.1, -0.05) is 55.8 Å². The van der Waals surface area contributed by atoms with Crippen molar-refractivity contribution in [1.82, 2.24) is 0 Å². The fourth-order valence-electron chi connectivity index (χ4n) is 2.25. The van der Waals surface area contributed by atoms with Crippen LogP contribution in [0.4, 0.5) is 5.69 Å². The van der Waals surface area contributed by atoms with Crippen LogP contribution in [-0.4, -0.2) is 10.5 Å². The molecule has 0 fully saturated rings. The third-order valence-electron chi connectivity index (χ3n) is 3.53. The van der Waals surface area contributed by atoms with Crippen LogP contribution in [0.2, 0.25) is 5.02 Å². The normalized spacial score (nSPS) is 12.4. The molecule has 0 aliphatic carbocycles. The van der Waals surface area contributed by atoms with E-state index in [-0.39, 0.29) is 0 Å². The van der Waals surface area contributed by atoms with Crippen LogP contribution in [0.25, 0.3) is 0 Å². The minimum atomic E-state index is -0.849. The van der Waals surface area contributed by atoms with Gasteiger partial charge in [-0.2, -0.15) is 0 Å². The molecule has 2 nitrogen and oxygen atoms in total. The Labute approximate surface area is 140 Å². The first-order valence-corrected chi connectivity index (χ1v) is 9.47. The molecule has 0 bridgehead atoms. The Morgan fingerprint density at radius 2 is 1.73 bits per heavy atom. The van der Waals surface area contributed by atoms with Crippen molar-refractivity contribution in [3.05, 3.63) is 64.2 Å². The van der Waals surface area contributed by atoms with Gasteiger partial charge in [0, 0.05) is 29.4 Å². The first kappa shape index (κ1) is 17.0. The van der Waals surface area contributed by atoms with Gasteiger partial charge in [0.05, 0.1) is 10.7 Å². The van der Waals surface area contributed by atoms with E-state index in [2.05, 4.69) is 43.4 Å². The molecule has 0 aliphatic heterocycles. The highest BCUT2D eigenvalue weighted by Gasteiger charge is 2.04. The molecule has 2 rings (SSSR count). The van der Waals surface area contributed by atoms with Gasteiger partial charge in [-0.3, -0.25) is 4.21 Å². The van der Waals surface area contributed by atoms with Crippen LogP contribution < -0.4 is 5.32 Å². The predicted octanol–water partition coefficient (Wildman–Crippen LogP) is 4.95. The van der Waals surface area contributed by atoms with Crippen LogP contribution in [0.3, 0.4) is 0 Å². The monoisotopic (exact) mass is 335 g/mol. The molecule has 0 unspecified atom stereocenters. The smallest absolute Gasteiger partial charge is 0.0637 e. The Balaban J connectivity index is 2.05. The third-order valence-corrected chi connectivity index (χ3v) is 4.60. The van der Waals surface area contributed by atoms with Crippen molar-refractivity contribution in [1.29, 1.82) is 0 Å². The van der Waals surface area contributed by atoms with Crippen LogP contribution in [0.1, 0.15) is 36.5 Å². The van der Waals surface area contributed by atoms with E-state index in [1.54, 1.807) is 6.26 Å². The summed E-state index contributed by atoms with van der Waals surface area (Å²) in [5.74, 6) is 1.10. The van der Waals surface area contributed by atoms with Gasteiger partial charge in [0.2, 0.25) is 0 Å². The maximum atomic E-state index is 11.3. The van der Waals surface area contributed by atoms with Gasteiger partial charge in [-0.15, -0.1) is 0 Å². The lowest BCUT2D eigenvalue weighted by molar-refractivity contribution is 0.686. The summed E-state index contributed by atoms with van der Waals surface area (Å²) in [4.78, 5) is 0. The summed E-state index contributed by atoms with van der Waals surface area (Å²) < 4.78 is 11.3. The number of halogens is 1. The molecule has 0 radical (unpaired) electrons. The number of nitrogens with one attached hydrogen (secondary N) is 1. The summed E-state index contributed by atoms with van der Waals surface area (Å²) in [5.41, 5.74) is 4.47. The van der Waals surface area contributed by atoms with E-state index in [4.69, 9.17) is 11.6 Å². The van der Waals surface area contributed by atoms with E-state index >= 15 is 0 Å². The summed E-state index contributed by atoms with van der Waals surface area (Å²) >= 11 is 6.23. The second-order valence-corrected chi connectivity index (χ2v) is 7.62. The van der Waals surface area contributed by atoms with E-state index in [1.165, 1.54) is 11.1 Å². The Morgan fingerprint density at radius 3 is 2.32 bits per heavy atom. The average Bonchev–Trinajstić information content (AvgIpc) is 2.47. The number of hydrogen-bond donors (Lipinski definition) is 1. The van der Waals surface area contributed by atoms with Crippen molar-refractivity contribution in [3.8, 4) is 0 Å². The van der Waals surface area contributed by atoms with Crippen molar-refractivity contribution < 1.29 is 4.21 Å². The molecule has 0 aliphatic rings. The van der Waals surface area contributed by atoms with Gasteiger partial charge >= 0.3 is 0 Å². The lowest BCUT2D eigenvalue weighted by Crippen LogP contribution is -2.02. The maximum absolute atomic E-state index is 11.3. The van der Waals surface area contributed by atoms with E-state index in [9.17, 15) is 4.21 Å². The van der Waals surface area contributed by atoms with Crippen molar-refractivity contribution in [2.45, 2.75) is 32.1 Å². The zero-order valence-corrected chi connectivity index (χ0v) is 14.8.